The molecule has 10 aromatic rings. The number of furan rings is 2. The fourth-order valence-electron chi connectivity index (χ4n) is 7.40. The molecular weight excluding hydrogens is 929 g/mol. The molecule has 0 saturated carbocycles. The molecular formula is C48H40GeIrN4O2-2. The molecule has 0 amide bonds. The van der Waals surface area contributed by atoms with Crippen LogP contribution in [0.1, 0.15) is 32.4 Å². The van der Waals surface area contributed by atoms with E-state index in [1.807, 2.05) is 106 Å². The Labute approximate surface area is 343 Å². The van der Waals surface area contributed by atoms with Gasteiger partial charge in [0.15, 0.2) is 0 Å². The molecule has 1 radical (unpaired) electrons. The minimum atomic E-state index is -2.16. The van der Waals surface area contributed by atoms with Crippen molar-refractivity contribution in [2.24, 2.45) is 0 Å². The second-order valence-electron chi connectivity index (χ2n) is 15.2. The zero-order chi connectivity index (χ0) is 38.8. The van der Waals surface area contributed by atoms with Crippen molar-refractivity contribution in [3.63, 3.8) is 0 Å². The van der Waals surface area contributed by atoms with Crippen LogP contribution in [-0.4, -0.2) is 32.8 Å². The first-order valence-corrected chi connectivity index (χ1v) is 25.9. The third-order valence-corrected chi connectivity index (χ3v) is 14.3. The fraction of sp³-hybridized carbons (Fsp3) is 0.146. The number of aryl methyl sites for hydroxylation is 1. The van der Waals surface area contributed by atoms with Gasteiger partial charge < -0.3 is 8.98 Å². The monoisotopic (exact) mass is 972 g/mol. The minimum Gasteiger partial charge on any atom is -0.501 e. The standard InChI is InChI=1S/C25H15N2O.C23H25GeN2O.Ir/c1-2-9-17(10-3-1)27-22-15-6-5-14-21(22)26-25(27)20-13-8-12-19-18-11-4-7-16-23(18)28-24(19)20;1-14(2)19-12-21(25-13-20(19)24(4,5)6)18-9-7-8-16-17-11-10-15(3)26-23(17)27-22(16)18;/h1-12,14-16H;7-8,10-14H,1-6H3;/q2*-1;/i;14D;. The molecule has 0 fully saturated rings. The Hall–Kier alpha value is -5.34. The van der Waals surface area contributed by atoms with Crippen molar-refractivity contribution in [1.29, 1.82) is 0 Å². The number of fused-ring (bicyclic) bond motifs is 7. The van der Waals surface area contributed by atoms with Crippen molar-refractivity contribution >= 4 is 72.7 Å². The number of imidazole rings is 1. The first-order chi connectivity index (χ1) is 27.0. The van der Waals surface area contributed by atoms with Gasteiger partial charge in [-0.25, -0.2) is 0 Å². The van der Waals surface area contributed by atoms with E-state index in [2.05, 4.69) is 81.4 Å². The van der Waals surface area contributed by atoms with Crippen LogP contribution in [-0.2, 0) is 20.1 Å². The summed E-state index contributed by atoms with van der Waals surface area (Å²) in [6.45, 7) is 5.85. The van der Waals surface area contributed by atoms with Crippen LogP contribution in [0.15, 0.2) is 136 Å². The summed E-state index contributed by atoms with van der Waals surface area (Å²) in [7, 11) is 0. The summed E-state index contributed by atoms with van der Waals surface area (Å²) in [6, 6.07) is 47.3. The van der Waals surface area contributed by atoms with Gasteiger partial charge in [-0.2, -0.15) is 0 Å². The van der Waals surface area contributed by atoms with Gasteiger partial charge in [-0.3, -0.25) is 4.98 Å². The van der Waals surface area contributed by atoms with E-state index >= 15 is 0 Å². The summed E-state index contributed by atoms with van der Waals surface area (Å²) in [6.07, 6.45) is 1.98. The average Bonchev–Trinajstić information content (AvgIpc) is 3.88. The van der Waals surface area contributed by atoms with Gasteiger partial charge >= 0.3 is 165 Å². The number of hydrogen-bond donors (Lipinski definition) is 0. The molecule has 6 nitrogen and oxygen atoms in total. The fourth-order valence-corrected chi connectivity index (χ4v) is 10.7. The minimum absolute atomic E-state index is 0. The van der Waals surface area contributed by atoms with Crippen molar-refractivity contribution in [2.45, 2.75) is 43.9 Å². The van der Waals surface area contributed by atoms with Crippen molar-refractivity contribution in [1.82, 2.24) is 19.5 Å². The Morgan fingerprint density at radius 2 is 1.39 bits per heavy atom. The van der Waals surface area contributed by atoms with Crippen molar-refractivity contribution < 1.29 is 30.3 Å². The summed E-state index contributed by atoms with van der Waals surface area (Å²) in [5.41, 5.74) is 10.6. The predicted octanol–water partition coefficient (Wildman–Crippen LogP) is 12.2. The van der Waals surface area contributed by atoms with Crippen LogP contribution in [0.3, 0.4) is 0 Å². The molecule has 5 aromatic carbocycles. The molecule has 0 aliphatic heterocycles. The second-order valence-corrected chi connectivity index (χ2v) is 25.7. The van der Waals surface area contributed by atoms with Crippen LogP contribution >= 0.6 is 0 Å². The molecule has 0 N–H and O–H groups in total. The van der Waals surface area contributed by atoms with Gasteiger partial charge in [0.1, 0.15) is 5.58 Å². The van der Waals surface area contributed by atoms with E-state index in [9.17, 15) is 0 Å². The third-order valence-electron chi connectivity index (χ3n) is 10.1. The van der Waals surface area contributed by atoms with E-state index in [0.717, 1.165) is 88.9 Å². The Bertz CT molecular complexity index is 3080. The SMILES string of the molecule is [2H]C(C)(C)c1cc(-c2[c-]ccc3c2oc2nc(C)ccc23)nc[c]1[Ge]([CH3])([CH3])[CH3].[Ir].[c-]1ccc2c(oc3ccccc32)c1-c1nc2ccccc2n1-c1ccccc1. The zero-order valence-corrected chi connectivity index (χ0v) is 36.6. The normalized spacial score (nSPS) is 12.2. The molecule has 0 aliphatic rings. The quantitative estimate of drug-likeness (QED) is 0.127. The van der Waals surface area contributed by atoms with E-state index in [4.69, 9.17) is 20.2 Å². The zero-order valence-electron chi connectivity index (χ0n) is 33.1. The molecule has 0 saturated heterocycles. The molecule has 5 heterocycles. The summed E-state index contributed by atoms with van der Waals surface area (Å²) < 4.78 is 24.5. The molecule has 56 heavy (non-hydrogen) atoms. The number of aromatic nitrogens is 4. The topological polar surface area (TPSA) is 69.9 Å². The van der Waals surface area contributed by atoms with Gasteiger partial charge in [0.05, 0.1) is 22.4 Å². The van der Waals surface area contributed by atoms with E-state index in [1.54, 1.807) is 0 Å². The average molecular weight is 971 g/mol. The third kappa shape index (κ3) is 6.68. The Balaban J connectivity index is 0.000000157. The number of nitrogens with zero attached hydrogens (tertiary/aromatic N) is 4. The van der Waals surface area contributed by atoms with Crippen LogP contribution in [0, 0.1) is 19.1 Å². The maximum Gasteiger partial charge on any atom is 0.120 e. The molecule has 0 bridgehead atoms. The molecule has 8 heteroatoms. The van der Waals surface area contributed by atoms with Crippen molar-refractivity contribution in [3.8, 4) is 28.3 Å². The van der Waals surface area contributed by atoms with Gasteiger partial charge in [0.25, 0.3) is 0 Å². The van der Waals surface area contributed by atoms with Crippen LogP contribution in [0.5, 0.6) is 0 Å². The summed E-state index contributed by atoms with van der Waals surface area (Å²) in [5.74, 6) is 7.16. The number of para-hydroxylation sites is 4. The molecule has 0 unspecified atom stereocenters. The summed E-state index contributed by atoms with van der Waals surface area (Å²) >= 11 is -2.16. The molecule has 0 atom stereocenters. The Morgan fingerprint density at radius 1 is 0.714 bits per heavy atom. The largest absolute Gasteiger partial charge is 0.501 e. The molecule has 279 valence electrons. The molecule has 5 aromatic heterocycles. The first kappa shape index (κ1) is 36.3. The maximum atomic E-state index is 8.69. The number of benzene rings is 5. The van der Waals surface area contributed by atoms with Crippen LogP contribution in [0.4, 0.5) is 0 Å². The van der Waals surface area contributed by atoms with E-state index < -0.39 is 19.2 Å². The van der Waals surface area contributed by atoms with Gasteiger partial charge in [-0.05, 0) is 30.3 Å². The number of pyridine rings is 2. The predicted molar refractivity (Wildman–Crippen MR) is 228 cm³/mol. The van der Waals surface area contributed by atoms with Gasteiger partial charge in [0.2, 0.25) is 0 Å². The van der Waals surface area contributed by atoms with Crippen LogP contribution in [0.2, 0.25) is 17.3 Å². The Morgan fingerprint density at radius 3 is 2.16 bits per heavy atom. The molecule has 10 rings (SSSR count). The first-order valence-electron chi connectivity index (χ1n) is 19.0. The summed E-state index contributed by atoms with van der Waals surface area (Å²) in [5, 5.41) is 4.20. The van der Waals surface area contributed by atoms with E-state index in [0.29, 0.717) is 5.71 Å². The van der Waals surface area contributed by atoms with Crippen LogP contribution < -0.4 is 4.40 Å². The second kappa shape index (κ2) is 15.0. The number of rotatable bonds is 5. The molecule has 0 spiro atoms. The van der Waals surface area contributed by atoms with E-state index in [1.165, 1.54) is 4.40 Å². The van der Waals surface area contributed by atoms with Crippen molar-refractivity contribution in [3.05, 3.63) is 151 Å². The van der Waals surface area contributed by atoms with Gasteiger partial charge in [0, 0.05) is 31.2 Å². The van der Waals surface area contributed by atoms with E-state index in [-0.39, 0.29) is 20.1 Å². The van der Waals surface area contributed by atoms with Gasteiger partial charge in [-0.15, -0.1) is 18.2 Å². The van der Waals surface area contributed by atoms with Crippen LogP contribution in [0.25, 0.3) is 83.4 Å². The summed E-state index contributed by atoms with van der Waals surface area (Å²) in [4.78, 5) is 14.3. The van der Waals surface area contributed by atoms with Gasteiger partial charge in [-0.1, -0.05) is 59.5 Å². The Kier molecular flexibility index (Phi) is 9.70. The van der Waals surface area contributed by atoms with Crippen molar-refractivity contribution in [2.75, 3.05) is 0 Å². The number of hydrogen-bond acceptors (Lipinski definition) is 5. The smallest absolute Gasteiger partial charge is 0.120 e. The maximum absolute atomic E-state index is 8.69. The molecule has 0 aliphatic carbocycles.